The minimum Gasteiger partial charge on any atom is -0.469 e. The number of aliphatic hydroxyl groups is 3. The van der Waals surface area contributed by atoms with Gasteiger partial charge in [-0.3, -0.25) is 14.9 Å². The van der Waals surface area contributed by atoms with Crippen LogP contribution in [0.25, 0.3) is 0 Å². The van der Waals surface area contributed by atoms with E-state index in [2.05, 4.69) is 65.8 Å². The van der Waals surface area contributed by atoms with Crippen molar-refractivity contribution in [3.63, 3.8) is 0 Å². The van der Waals surface area contributed by atoms with Gasteiger partial charge in [-0.05, 0) is 221 Å². The predicted molar refractivity (Wildman–Crippen MR) is 324 cm³/mol. The normalized spacial score (nSPS) is 50.9. The van der Waals surface area contributed by atoms with Crippen molar-refractivity contribution < 1.29 is 53.1 Å². The first kappa shape index (κ1) is 55.8. The SMILES string of the molecule is C[C@@]12C[C@H]3C[C@]45[C@H](CC[C@]46CCC4(CCCC4)C6)CC4=CC[C@]6(C7CCCCC7)O[C@]47[C@H]5C(=O)OC[C@]74[C@@H]3[C@@]([C@H]3CCC[C@H](Cc5ccccc5)C3)([C@H](O)C(=O)[C@@H]46)[C@]13O[C@@H]3C(=O)O[C@H]2c1ccoc1C[C@@H]([C@H]1CC[C@H]2[C@H](C=CN3CNC[C@H]23)C1)[C@H](O)CO. The molecule has 13 heteroatoms. The molecule has 5 bridgehead atoms. The molecule has 10 saturated carbocycles. The lowest BCUT2D eigenvalue weighted by molar-refractivity contribution is -0.301. The maximum absolute atomic E-state index is 17.6. The standard InChI is InChI=1S/C75H96N2O11/c1-67-36-47-37-70-49(19-25-69(70)28-27-68(40-69)23-8-9-24-68)34-51-20-26-72(48-14-6-3-7-15-48)60-58(80)62(81)73(50-16-10-13-44(32-50)31-43-11-4-2-5-12-43,59(47)71(60)41-85-65(82)61(70)74(51,71)88-72)75(67)64(87-75)66(83)86-63(67)53-22-30-84-57(53)35-54(56(79)39-78)45-17-18-52-46(33-45)21-29-77-42-76-38-55(52)77/h2,4-5,11-12,20-22,29-30,44-50,52,54-56,59-64,76,78-79,81H,3,6-10,13-19,23-28,31-42H2,1H3/t44-,45+,46-,47+,49-,50+,52+,54+,55-,56-,59-,60+,61+,62-,63+,64-,67+,69-,70-,71-,72-,73+,74+,75-/m1/s1. The number of epoxide rings is 1. The molecule has 24 atom stereocenters. The van der Waals surface area contributed by atoms with Crippen LogP contribution in [0.1, 0.15) is 190 Å². The lowest BCUT2D eigenvalue weighted by atomic mass is 9.29. The van der Waals surface area contributed by atoms with Crippen LogP contribution in [-0.2, 0) is 46.2 Å². The summed E-state index contributed by atoms with van der Waals surface area (Å²) < 4.78 is 37.6. The molecule has 2 aromatic rings. The number of hydrogen-bond acceptors (Lipinski definition) is 13. The molecule has 17 aliphatic rings. The summed E-state index contributed by atoms with van der Waals surface area (Å²) in [4.78, 5) is 52.4. The second-order valence-corrected chi connectivity index (χ2v) is 33.8. The van der Waals surface area contributed by atoms with Gasteiger partial charge in [0.1, 0.15) is 35.8 Å². The van der Waals surface area contributed by atoms with E-state index in [-0.39, 0.29) is 83.1 Å². The highest BCUT2D eigenvalue weighted by molar-refractivity contribution is 5.94. The van der Waals surface area contributed by atoms with Crippen LogP contribution in [0.15, 0.2) is 71.0 Å². The Morgan fingerprint density at radius 3 is 2.50 bits per heavy atom. The number of fused-ring (bicyclic) bond motifs is 5. The first-order chi connectivity index (χ1) is 42.8. The lowest BCUT2D eigenvalue weighted by Crippen LogP contribution is -2.82. The Labute approximate surface area is 519 Å². The number of benzene rings is 1. The second-order valence-electron chi connectivity index (χ2n) is 33.8. The highest BCUT2D eigenvalue weighted by atomic mass is 16.7. The van der Waals surface area contributed by atoms with Crippen molar-refractivity contribution in [3.05, 3.63) is 83.5 Å². The molecule has 472 valence electrons. The minimum absolute atomic E-state index is 0.0815. The van der Waals surface area contributed by atoms with Gasteiger partial charge in [-0.25, -0.2) is 4.79 Å². The van der Waals surface area contributed by atoms with Crippen molar-refractivity contribution in [1.29, 1.82) is 0 Å². The number of carbonyl (C=O) groups is 3. The minimum atomic E-state index is -1.48. The summed E-state index contributed by atoms with van der Waals surface area (Å²) in [5, 5.41) is 41.5. The summed E-state index contributed by atoms with van der Waals surface area (Å²) in [6, 6.07) is 13.3. The molecule has 7 aliphatic heterocycles. The average molecular weight is 1200 g/mol. The first-order valence-corrected chi connectivity index (χ1v) is 36.0. The average Bonchev–Trinajstić information content (AvgIpc) is 1.40. The molecule has 15 fully saturated rings. The first-order valence-electron chi connectivity index (χ1n) is 36.0. The van der Waals surface area contributed by atoms with Gasteiger partial charge in [0, 0.05) is 35.4 Å². The summed E-state index contributed by atoms with van der Waals surface area (Å²) in [6.45, 7) is 3.89. The molecular formula is C75H96N2O11. The number of esters is 2. The lowest BCUT2D eigenvalue weighted by Gasteiger charge is -2.73. The number of ether oxygens (including phenoxy) is 4. The second kappa shape index (κ2) is 18.9. The van der Waals surface area contributed by atoms with Gasteiger partial charge in [-0.1, -0.05) is 94.4 Å². The van der Waals surface area contributed by atoms with Crippen LogP contribution < -0.4 is 5.32 Å². The molecule has 1 aromatic carbocycles. The van der Waals surface area contributed by atoms with Crippen LogP contribution >= 0.6 is 0 Å². The topological polar surface area (TPSA) is 181 Å². The number of aliphatic hydroxyl groups excluding tert-OH is 3. The van der Waals surface area contributed by atoms with Crippen LogP contribution in [0.4, 0.5) is 0 Å². The van der Waals surface area contributed by atoms with E-state index in [4.69, 9.17) is 23.4 Å². The predicted octanol–water partition coefficient (Wildman–Crippen LogP) is 11.1. The number of allylic oxidation sites excluding steroid dienone is 1. The van der Waals surface area contributed by atoms with Gasteiger partial charge >= 0.3 is 11.9 Å². The Morgan fingerprint density at radius 2 is 1.66 bits per heavy atom. The van der Waals surface area contributed by atoms with E-state index in [9.17, 15) is 15.3 Å². The Hall–Kier alpha value is -3.85. The van der Waals surface area contributed by atoms with Crippen molar-refractivity contribution in [3.8, 4) is 0 Å². The van der Waals surface area contributed by atoms with Gasteiger partial charge in [-0.2, -0.15) is 0 Å². The van der Waals surface area contributed by atoms with Gasteiger partial charge < -0.3 is 43.6 Å². The number of carbonyl (C=O) groups excluding carboxylic acids is 3. The van der Waals surface area contributed by atoms with E-state index in [1.54, 1.807) is 6.26 Å². The Balaban J connectivity index is 0.820. The van der Waals surface area contributed by atoms with Gasteiger partial charge in [-0.15, -0.1) is 0 Å². The molecule has 0 amide bonds. The maximum Gasteiger partial charge on any atom is 0.339 e. The van der Waals surface area contributed by atoms with E-state index in [1.807, 2.05) is 6.07 Å². The molecule has 0 radical (unpaired) electrons. The van der Waals surface area contributed by atoms with E-state index in [0.717, 1.165) is 141 Å². The molecule has 4 N–H and O–H groups in total. The smallest absolute Gasteiger partial charge is 0.339 e. The van der Waals surface area contributed by atoms with E-state index in [0.29, 0.717) is 42.9 Å². The highest BCUT2D eigenvalue weighted by Crippen LogP contribution is 2.92. The fraction of sp³-hybridized carbons (Fsp3) is 0.773. The van der Waals surface area contributed by atoms with Gasteiger partial charge in [0.25, 0.3) is 0 Å². The number of rotatable bonds is 10. The quantitative estimate of drug-likeness (QED) is 0.100. The number of furan rings is 1. The molecule has 5 saturated heterocycles. The Bertz CT molecular complexity index is 3280. The van der Waals surface area contributed by atoms with Crippen LogP contribution in [0, 0.1) is 104 Å². The van der Waals surface area contributed by atoms with Crippen LogP contribution in [0.5, 0.6) is 0 Å². The number of Topliss-reactive ketones (excluding diaryl/α,β-unsaturated/α-hetero) is 1. The van der Waals surface area contributed by atoms with Crippen molar-refractivity contribution in [2.75, 3.05) is 26.4 Å². The third-order valence-corrected chi connectivity index (χ3v) is 31.4. The summed E-state index contributed by atoms with van der Waals surface area (Å²) in [6.07, 6.45) is 30.9. The molecule has 6 spiro atoms. The van der Waals surface area contributed by atoms with Gasteiger partial charge in [0.05, 0.1) is 48.5 Å². The number of cyclic esters (lactones) is 2. The zero-order chi connectivity index (χ0) is 59.2. The zero-order valence-corrected chi connectivity index (χ0v) is 52.1. The zero-order valence-electron chi connectivity index (χ0n) is 52.1. The fourth-order valence-electron chi connectivity index (χ4n) is 29.0. The van der Waals surface area contributed by atoms with Crippen molar-refractivity contribution in [1.82, 2.24) is 10.2 Å². The number of nitrogens with zero attached hydrogens (tertiary/aromatic N) is 1. The monoisotopic (exact) mass is 1200 g/mol. The molecule has 88 heavy (non-hydrogen) atoms. The van der Waals surface area contributed by atoms with E-state index < -0.39 is 80.7 Å². The Kier molecular flexibility index (Phi) is 12.0. The van der Waals surface area contributed by atoms with Crippen molar-refractivity contribution >= 4 is 17.7 Å². The third-order valence-electron chi connectivity index (χ3n) is 31.4. The summed E-state index contributed by atoms with van der Waals surface area (Å²) >= 11 is 0. The van der Waals surface area contributed by atoms with Gasteiger partial charge in [0.2, 0.25) is 0 Å². The van der Waals surface area contributed by atoms with Gasteiger partial charge in [0.15, 0.2) is 11.9 Å². The van der Waals surface area contributed by atoms with Crippen molar-refractivity contribution in [2.45, 2.75) is 228 Å². The molecule has 0 unspecified atom stereocenters. The number of ketones is 1. The van der Waals surface area contributed by atoms with Crippen molar-refractivity contribution in [2.24, 2.45) is 104 Å². The Morgan fingerprint density at radius 1 is 0.818 bits per heavy atom. The molecule has 10 aliphatic carbocycles. The molecule has 19 rings (SSSR count). The van der Waals surface area contributed by atoms with E-state index in [1.165, 1.54) is 43.2 Å². The number of hydrogen-bond donors (Lipinski definition) is 4. The summed E-state index contributed by atoms with van der Waals surface area (Å²) in [5.41, 5.74) is -3.73. The maximum atomic E-state index is 17.6. The summed E-state index contributed by atoms with van der Waals surface area (Å²) in [5.74, 6) is -0.798. The molecule has 1 aromatic heterocycles. The highest BCUT2D eigenvalue weighted by Gasteiger charge is 2.99. The molecular weight excluding hydrogens is 1100 g/mol. The number of nitrogens with one attached hydrogen (secondary N) is 1. The largest absolute Gasteiger partial charge is 0.469 e. The third kappa shape index (κ3) is 6.56. The molecule has 13 nitrogen and oxygen atoms in total. The van der Waals surface area contributed by atoms with Crippen LogP contribution in [-0.4, -0.2) is 106 Å². The fourth-order valence-corrected chi connectivity index (χ4v) is 29.0. The van der Waals surface area contributed by atoms with Crippen LogP contribution in [0.3, 0.4) is 0 Å². The molecule has 8 heterocycles. The van der Waals surface area contributed by atoms with Crippen LogP contribution in [0.2, 0.25) is 0 Å². The summed E-state index contributed by atoms with van der Waals surface area (Å²) in [7, 11) is 0. The van der Waals surface area contributed by atoms with E-state index >= 15 is 14.4 Å².